The van der Waals surface area contributed by atoms with Gasteiger partial charge in [0.25, 0.3) is 0 Å². The Hall–Kier alpha value is -0.480. The molecule has 1 aromatic heterocycles. The molecule has 2 nitrogen and oxygen atoms in total. The average Bonchev–Trinajstić information content (AvgIpc) is 2.14. The van der Waals surface area contributed by atoms with E-state index in [9.17, 15) is 0 Å². The molecule has 0 bridgehead atoms. The quantitative estimate of drug-likeness (QED) is 0.595. The summed E-state index contributed by atoms with van der Waals surface area (Å²) < 4.78 is 0. The van der Waals surface area contributed by atoms with Crippen molar-refractivity contribution < 1.29 is 0 Å². The van der Waals surface area contributed by atoms with E-state index in [-0.39, 0.29) is 0 Å². The number of rotatable bonds is 1. The molecular formula is C4H3N2S2. The highest BCUT2D eigenvalue weighted by Gasteiger charge is 1.91. The van der Waals surface area contributed by atoms with Crippen molar-refractivity contribution in [3.05, 3.63) is 11.1 Å². The van der Waals surface area contributed by atoms with Crippen LogP contribution in [0.4, 0.5) is 5.13 Å². The lowest BCUT2D eigenvalue weighted by molar-refractivity contribution is 1.41. The largest absolute Gasteiger partial charge is 0.375 e. The number of aromatic nitrogens is 1. The van der Waals surface area contributed by atoms with Crippen LogP contribution in [0, 0.1) is 0 Å². The molecule has 2 N–H and O–H groups in total. The number of hydrogen-bond donors (Lipinski definition) is 1. The molecule has 1 rings (SSSR count). The van der Waals surface area contributed by atoms with E-state index in [1.165, 1.54) is 11.3 Å². The van der Waals surface area contributed by atoms with E-state index in [1.54, 1.807) is 5.38 Å². The van der Waals surface area contributed by atoms with Gasteiger partial charge in [-0.1, -0.05) is 12.2 Å². The monoisotopic (exact) mass is 143 g/mol. The number of thiocarbonyl (C=S) groups is 1. The number of hydrogen-bond acceptors (Lipinski definition) is 4. The fourth-order valence-corrected chi connectivity index (χ4v) is 1.01. The summed E-state index contributed by atoms with van der Waals surface area (Å²) in [6, 6.07) is 0. The number of nitrogens with zero attached hydrogens (tertiary/aromatic N) is 1. The van der Waals surface area contributed by atoms with Gasteiger partial charge >= 0.3 is 0 Å². The third-order valence-electron chi connectivity index (χ3n) is 0.627. The van der Waals surface area contributed by atoms with Gasteiger partial charge in [0.05, 0.1) is 11.1 Å². The van der Waals surface area contributed by atoms with Crippen LogP contribution in [-0.4, -0.2) is 10.4 Å². The Morgan fingerprint density at radius 3 is 2.88 bits per heavy atom. The number of thiazole rings is 1. The van der Waals surface area contributed by atoms with Crippen LogP contribution < -0.4 is 5.73 Å². The molecule has 4 heteroatoms. The summed E-state index contributed by atoms with van der Waals surface area (Å²) in [5.74, 6) is 0. The topological polar surface area (TPSA) is 38.9 Å². The first-order chi connectivity index (χ1) is 3.83. The van der Waals surface area contributed by atoms with Crippen LogP contribution in [0.3, 0.4) is 0 Å². The Morgan fingerprint density at radius 1 is 1.88 bits per heavy atom. The fraction of sp³-hybridized carbons (Fsp3) is 0. The first kappa shape index (κ1) is 5.65. The Bertz CT molecular complexity index is 194. The zero-order chi connectivity index (χ0) is 5.98. The predicted molar refractivity (Wildman–Crippen MR) is 38.2 cm³/mol. The summed E-state index contributed by atoms with van der Waals surface area (Å²) in [5.41, 5.74) is 5.93. The highest BCUT2D eigenvalue weighted by atomic mass is 32.1. The van der Waals surface area contributed by atoms with Gasteiger partial charge in [0.15, 0.2) is 5.13 Å². The second-order valence-corrected chi connectivity index (χ2v) is 2.27. The van der Waals surface area contributed by atoms with Crippen molar-refractivity contribution >= 4 is 34.1 Å². The summed E-state index contributed by atoms with van der Waals surface area (Å²) >= 11 is 5.84. The second-order valence-electron chi connectivity index (χ2n) is 1.17. The van der Waals surface area contributed by atoms with Crippen LogP contribution in [0.15, 0.2) is 5.38 Å². The molecule has 0 aromatic carbocycles. The van der Waals surface area contributed by atoms with Crippen LogP contribution in [-0.2, 0) is 0 Å². The van der Waals surface area contributed by atoms with E-state index in [4.69, 9.17) is 5.73 Å². The summed E-state index contributed by atoms with van der Waals surface area (Å²) in [5, 5.41) is 4.76. The minimum Gasteiger partial charge on any atom is -0.375 e. The number of anilines is 1. The van der Waals surface area contributed by atoms with Gasteiger partial charge in [-0.2, -0.15) is 0 Å². The summed E-state index contributed by atoms with van der Waals surface area (Å²) in [6.45, 7) is 0. The van der Waals surface area contributed by atoms with Crippen molar-refractivity contribution in [3.8, 4) is 0 Å². The van der Waals surface area contributed by atoms with E-state index in [0.29, 0.717) is 10.8 Å². The second kappa shape index (κ2) is 2.19. The van der Waals surface area contributed by atoms with E-state index in [1.807, 2.05) is 0 Å². The highest BCUT2D eigenvalue weighted by molar-refractivity contribution is 7.79. The molecule has 0 amide bonds. The minimum atomic E-state index is 0.539. The van der Waals surface area contributed by atoms with Crippen LogP contribution in [0.25, 0.3) is 0 Å². The van der Waals surface area contributed by atoms with Gasteiger partial charge in [-0.15, -0.1) is 11.3 Å². The molecule has 41 valence electrons. The summed E-state index contributed by atoms with van der Waals surface area (Å²) in [4.78, 5) is 3.81. The third-order valence-corrected chi connectivity index (χ3v) is 1.51. The molecule has 0 unspecified atom stereocenters. The summed E-state index contributed by atoms with van der Waals surface area (Å²) in [7, 11) is 0. The molecule has 1 heterocycles. The number of nitrogen functional groups attached to an aromatic ring is 1. The lowest BCUT2D eigenvalue weighted by atomic mass is 10.6. The molecule has 0 fully saturated rings. The van der Waals surface area contributed by atoms with Crippen molar-refractivity contribution in [2.24, 2.45) is 0 Å². The molecule has 0 atom stereocenters. The van der Waals surface area contributed by atoms with E-state index in [2.05, 4.69) is 22.6 Å². The van der Waals surface area contributed by atoms with Gasteiger partial charge in [0.2, 0.25) is 0 Å². The first-order valence-electron chi connectivity index (χ1n) is 1.92. The normalized spacial score (nSPS) is 9.00. The van der Waals surface area contributed by atoms with Crippen LogP contribution in [0.2, 0.25) is 0 Å². The molecular weight excluding hydrogens is 140 g/mol. The van der Waals surface area contributed by atoms with Crippen molar-refractivity contribution in [2.45, 2.75) is 0 Å². The molecule has 0 aliphatic rings. The maximum atomic E-state index is 5.28. The molecule has 0 aliphatic heterocycles. The Balaban J connectivity index is 3.00. The lowest BCUT2D eigenvalue weighted by Crippen LogP contribution is -1.82. The molecule has 0 aliphatic carbocycles. The molecule has 8 heavy (non-hydrogen) atoms. The van der Waals surface area contributed by atoms with Gasteiger partial charge in [-0.3, -0.25) is 0 Å². The molecule has 1 aromatic rings. The fourth-order valence-electron chi connectivity index (χ4n) is 0.334. The van der Waals surface area contributed by atoms with Gasteiger partial charge < -0.3 is 5.73 Å². The van der Waals surface area contributed by atoms with E-state index in [0.717, 1.165) is 0 Å². The third kappa shape index (κ3) is 1.02. The highest BCUT2D eigenvalue weighted by Crippen LogP contribution is 2.08. The van der Waals surface area contributed by atoms with E-state index < -0.39 is 0 Å². The van der Waals surface area contributed by atoms with Crippen LogP contribution in [0.1, 0.15) is 5.69 Å². The van der Waals surface area contributed by atoms with Crippen molar-refractivity contribution in [3.63, 3.8) is 0 Å². The molecule has 1 radical (unpaired) electrons. The maximum Gasteiger partial charge on any atom is 0.180 e. The smallest absolute Gasteiger partial charge is 0.180 e. The minimum absolute atomic E-state index is 0.539. The van der Waals surface area contributed by atoms with Gasteiger partial charge in [0.1, 0.15) is 0 Å². The maximum absolute atomic E-state index is 5.28. The van der Waals surface area contributed by atoms with Gasteiger partial charge in [0, 0.05) is 5.38 Å². The van der Waals surface area contributed by atoms with Gasteiger partial charge in [-0.25, -0.2) is 4.98 Å². The number of nitrogens with two attached hydrogens (primary N) is 1. The van der Waals surface area contributed by atoms with Crippen molar-refractivity contribution in [1.82, 2.24) is 4.98 Å². The average molecular weight is 143 g/mol. The van der Waals surface area contributed by atoms with E-state index >= 15 is 0 Å². The summed E-state index contributed by atoms with van der Waals surface area (Å²) in [6.07, 6.45) is 0. The standard InChI is InChI=1S/C4H3N2S2/c5-4-6-3(1-7)2-8-4/h2H,(H2,5,6). The molecule has 0 saturated heterocycles. The first-order valence-corrected chi connectivity index (χ1v) is 3.21. The van der Waals surface area contributed by atoms with Crippen molar-refractivity contribution in [2.75, 3.05) is 5.73 Å². The zero-order valence-corrected chi connectivity index (χ0v) is 5.55. The Morgan fingerprint density at radius 2 is 2.62 bits per heavy atom. The zero-order valence-electron chi connectivity index (χ0n) is 3.92. The van der Waals surface area contributed by atoms with Crippen molar-refractivity contribution in [1.29, 1.82) is 0 Å². The molecule has 0 spiro atoms. The van der Waals surface area contributed by atoms with Gasteiger partial charge in [-0.05, 0) is 0 Å². The van der Waals surface area contributed by atoms with Crippen LogP contribution in [0.5, 0.6) is 0 Å². The Labute approximate surface area is 56.4 Å². The SMILES string of the molecule is Nc1nc([C]=S)cs1. The lowest BCUT2D eigenvalue weighted by Gasteiger charge is -1.72. The van der Waals surface area contributed by atoms with Crippen LogP contribution >= 0.6 is 23.6 Å². The molecule has 0 saturated carbocycles. The predicted octanol–water partition coefficient (Wildman–Crippen LogP) is 0.950. The Kier molecular flexibility index (Phi) is 1.55.